The molecule has 0 aliphatic heterocycles. The number of methoxy groups -OCH3 is 1. The number of ketones is 1. The third-order valence-electron chi connectivity index (χ3n) is 2.14. The second-order valence-electron chi connectivity index (χ2n) is 3.33. The molecule has 16 heavy (non-hydrogen) atoms. The van der Waals surface area contributed by atoms with Crippen LogP contribution in [0.15, 0.2) is 41.1 Å². The number of hydrogen-bond donors (Lipinski definition) is 1. The molecule has 0 heterocycles. The Labute approximate surface area is 103 Å². The van der Waals surface area contributed by atoms with Gasteiger partial charge in [0, 0.05) is 16.5 Å². The highest BCUT2D eigenvalue weighted by atomic mass is 79.9. The van der Waals surface area contributed by atoms with Gasteiger partial charge in [0.05, 0.1) is 12.9 Å². The van der Waals surface area contributed by atoms with Crippen LogP contribution in [0.1, 0.15) is 16.8 Å². The fourth-order valence-electron chi connectivity index (χ4n) is 1.20. The molecule has 0 saturated carbocycles. The summed E-state index contributed by atoms with van der Waals surface area (Å²) in [5, 5.41) is 9.64. The fraction of sp³-hybridized carbons (Fsp3) is 0.250. The molecule has 86 valence electrons. The Morgan fingerprint density at radius 3 is 2.56 bits per heavy atom. The van der Waals surface area contributed by atoms with Gasteiger partial charge in [0.15, 0.2) is 5.78 Å². The Hall–Kier alpha value is -1.13. The second kappa shape index (κ2) is 5.82. The van der Waals surface area contributed by atoms with Crippen LogP contribution < -0.4 is 0 Å². The van der Waals surface area contributed by atoms with Crippen molar-refractivity contribution in [1.82, 2.24) is 0 Å². The van der Waals surface area contributed by atoms with E-state index in [1.807, 2.05) is 0 Å². The van der Waals surface area contributed by atoms with Gasteiger partial charge in [-0.2, -0.15) is 0 Å². The lowest BCUT2D eigenvalue weighted by Crippen LogP contribution is -2.21. The topological polar surface area (TPSA) is 46.5 Å². The first kappa shape index (κ1) is 12.9. The van der Waals surface area contributed by atoms with Gasteiger partial charge in [0.25, 0.3) is 0 Å². The highest BCUT2D eigenvalue weighted by molar-refractivity contribution is 9.10. The Balaban J connectivity index is 2.70. The number of benzene rings is 1. The Morgan fingerprint density at radius 2 is 2.06 bits per heavy atom. The van der Waals surface area contributed by atoms with E-state index >= 15 is 0 Å². The summed E-state index contributed by atoms with van der Waals surface area (Å²) in [5.41, 5.74) is 0.472. The number of ether oxygens (including phenoxy) is 1. The van der Waals surface area contributed by atoms with E-state index in [1.165, 1.54) is 7.11 Å². The number of aliphatic hydroxyl groups is 1. The standard InChI is InChI=1S/C12H13BrO3/c1-8(16-2)7-11(14)12(15)9-3-5-10(13)6-4-9/h3-6,11,14H,1,7H2,2H3. The molecule has 3 nitrogen and oxygen atoms in total. The lowest BCUT2D eigenvalue weighted by molar-refractivity contribution is 0.0716. The monoisotopic (exact) mass is 284 g/mol. The first-order chi connectivity index (χ1) is 7.54. The van der Waals surface area contributed by atoms with Crippen molar-refractivity contribution in [2.45, 2.75) is 12.5 Å². The smallest absolute Gasteiger partial charge is 0.191 e. The summed E-state index contributed by atoms with van der Waals surface area (Å²) in [6.45, 7) is 3.56. The van der Waals surface area contributed by atoms with Crippen molar-refractivity contribution in [3.63, 3.8) is 0 Å². The molecule has 0 fully saturated rings. The van der Waals surface area contributed by atoms with Gasteiger partial charge in [-0.1, -0.05) is 34.6 Å². The lowest BCUT2D eigenvalue weighted by Gasteiger charge is -2.10. The molecule has 1 N–H and O–H groups in total. The molecule has 0 aliphatic carbocycles. The molecule has 0 amide bonds. The predicted molar refractivity (Wildman–Crippen MR) is 65.2 cm³/mol. The minimum atomic E-state index is -1.10. The first-order valence-electron chi connectivity index (χ1n) is 4.74. The highest BCUT2D eigenvalue weighted by Crippen LogP contribution is 2.14. The van der Waals surface area contributed by atoms with Crippen molar-refractivity contribution < 1.29 is 14.6 Å². The number of hydrogen-bond acceptors (Lipinski definition) is 3. The van der Waals surface area contributed by atoms with Gasteiger partial charge in [-0.25, -0.2) is 0 Å². The van der Waals surface area contributed by atoms with Crippen molar-refractivity contribution in [2.75, 3.05) is 7.11 Å². The van der Waals surface area contributed by atoms with Crippen molar-refractivity contribution >= 4 is 21.7 Å². The largest absolute Gasteiger partial charge is 0.502 e. The summed E-state index contributed by atoms with van der Waals surface area (Å²) in [6.07, 6.45) is -0.987. The highest BCUT2D eigenvalue weighted by Gasteiger charge is 2.18. The summed E-state index contributed by atoms with van der Waals surface area (Å²) in [5.74, 6) is 0.0589. The lowest BCUT2D eigenvalue weighted by atomic mass is 10.0. The van der Waals surface area contributed by atoms with E-state index in [9.17, 15) is 9.90 Å². The molecule has 4 heteroatoms. The van der Waals surface area contributed by atoms with E-state index < -0.39 is 6.10 Å². The minimum absolute atomic E-state index is 0.116. The van der Waals surface area contributed by atoms with Crippen LogP contribution in [0.3, 0.4) is 0 Å². The minimum Gasteiger partial charge on any atom is -0.502 e. The predicted octanol–water partition coefficient (Wildman–Crippen LogP) is 2.54. The molecule has 0 aromatic heterocycles. The normalized spacial score (nSPS) is 11.9. The molecule has 0 bridgehead atoms. The summed E-state index contributed by atoms with van der Waals surface area (Å²) in [4.78, 5) is 11.7. The van der Waals surface area contributed by atoms with Crippen molar-refractivity contribution in [2.24, 2.45) is 0 Å². The number of aliphatic hydroxyl groups excluding tert-OH is 1. The maximum Gasteiger partial charge on any atom is 0.191 e. The summed E-state index contributed by atoms with van der Waals surface area (Å²) in [7, 11) is 1.46. The van der Waals surface area contributed by atoms with E-state index in [0.29, 0.717) is 11.3 Å². The van der Waals surface area contributed by atoms with E-state index in [2.05, 4.69) is 22.5 Å². The third-order valence-corrected chi connectivity index (χ3v) is 2.67. The zero-order valence-electron chi connectivity index (χ0n) is 8.94. The van der Waals surface area contributed by atoms with Gasteiger partial charge in [0.1, 0.15) is 6.10 Å². The van der Waals surface area contributed by atoms with Crippen molar-refractivity contribution in [1.29, 1.82) is 0 Å². The van der Waals surface area contributed by atoms with Gasteiger partial charge in [-0.15, -0.1) is 0 Å². The van der Waals surface area contributed by atoms with E-state index in [1.54, 1.807) is 24.3 Å². The quantitative estimate of drug-likeness (QED) is 0.668. The molecule has 1 aromatic carbocycles. The van der Waals surface area contributed by atoms with Crippen molar-refractivity contribution in [3.8, 4) is 0 Å². The SMILES string of the molecule is C=C(CC(O)C(=O)c1ccc(Br)cc1)OC. The Morgan fingerprint density at radius 1 is 1.50 bits per heavy atom. The van der Waals surface area contributed by atoms with E-state index in [0.717, 1.165) is 4.47 Å². The molecular formula is C12H13BrO3. The van der Waals surface area contributed by atoms with E-state index in [4.69, 9.17) is 4.74 Å². The summed E-state index contributed by atoms with van der Waals surface area (Å²) >= 11 is 3.28. The summed E-state index contributed by atoms with van der Waals surface area (Å²) in [6, 6.07) is 6.83. The fourth-order valence-corrected chi connectivity index (χ4v) is 1.46. The number of rotatable bonds is 5. The maximum atomic E-state index is 11.7. The van der Waals surface area contributed by atoms with Crippen LogP contribution in [0.4, 0.5) is 0 Å². The molecule has 1 unspecified atom stereocenters. The molecule has 1 rings (SSSR count). The summed E-state index contributed by atoms with van der Waals surface area (Å²) < 4.78 is 5.70. The average molecular weight is 285 g/mol. The van der Waals surface area contributed by atoms with Crippen LogP contribution in [-0.2, 0) is 4.74 Å². The molecule has 0 aliphatic rings. The second-order valence-corrected chi connectivity index (χ2v) is 4.25. The number of Topliss-reactive ketones (excluding diaryl/α,β-unsaturated/α-hetero) is 1. The number of halogens is 1. The molecule has 0 spiro atoms. The van der Waals surface area contributed by atoms with Crippen LogP contribution in [-0.4, -0.2) is 24.1 Å². The third kappa shape index (κ3) is 3.47. The van der Waals surface area contributed by atoms with Crippen LogP contribution >= 0.6 is 15.9 Å². The van der Waals surface area contributed by atoms with Crippen LogP contribution in [0.2, 0.25) is 0 Å². The first-order valence-corrected chi connectivity index (χ1v) is 5.53. The van der Waals surface area contributed by atoms with E-state index in [-0.39, 0.29) is 12.2 Å². The van der Waals surface area contributed by atoms with Crippen LogP contribution in [0, 0.1) is 0 Å². The van der Waals surface area contributed by atoms with Gasteiger partial charge in [0.2, 0.25) is 0 Å². The molecule has 1 atom stereocenters. The number of carbonyl (C=O) groups is 1. The molecule has 0 radical (unpaired) electrons. The van der Waals surface area contributed by atoms with Gasteiger partial charge >= 0.3 is 0 Å². The average Bonchev–Trinajstić information content (AvgIpc) is 2.28. The zero-order valence-corrected chi connectivity index (χ0v) is 10.5. The maximum absolute atomic E-state index is 11.7. The number of carbonyl (C=O) groups excluding carboxylic acids is 1. The molecular weight excluding hydrogens is 272 g/mol. The van der Waals surface area contributed by atoms with Gasteiger partial charge in [-0.05, 0) is 12.1 Å². The van der Waals surface area contributed by atoms with Crippen LogP contribution in [0.25, 0.3) is 0 Å². The van der Waals surface area contributed by atoms with Crippen molar-refractivity contribution in [3.05, 3.63) is 46.6 Å². The zero-order chi connectivity index (χ0) is 12.1. The molecule has 0 saturated heterocycles. The van der Waals surface area contributed by atoms with Gasteiger partial charge in [-0.3, -0.25) is 4.79 Å². The molecule has 1 aromatic rings. The van der Waals surface area contributed by atoms with Gasteiger partial charge < -0.3 is 9.84 Å². The Bertz CT molecular complexity index is 384. The Kier molecular flexibility index (Phi) is 4.71. The van der Waals surface area contributed by atoms with Crippen LogP contribution in [0.5, 0.6) is 0 Å².